The van der Waals surface area contributed by atoms with Crippen molar-refractivity contribution in [2.24, 2.45) is 5.92 Å². The van der Waals surface area contributed by atoms with Crippen LogP contribution < -0.4 is 0 Å². The first kappa shape index (κ1) is 11.5. The third-order valence-corrected chi connectivity index (χ3v) is 2.61. The molecule has 0 aromatic heterocycles. The molecule has 0 saturated carbocycles. The molecule has 0 rings (SSSR count). The van der Waals surface area contributed by atoms with Crippen LogP contribution in [0, 0.1) is 5.92 Å². The third-order valence-electron chi connectivity index (χ3n) is 2.61. The Balaban J connectivity index is 3.94. The van der Waals surface area contributed by atoms with Crippen molar-refractivity contribution in [1.82, 2.24) is 0 Å². The fourth-order valence-electron chi connectivity index (χ4n) is 0.993. The molecule has 0 N–H and O–H groups in total. The molecule has 0 aliphatic heterocycles. The molecule has 0 bridgehead atoms. The smallest absolute Gasteiger partial charge is 0.0200 e. The zero-order chi connectivity index (χ0) is 9.56. The molecule has 0 aromatic carbocycles. The SMILES string of the molecule is CC=C(C)C(C)CC=C(C)CC. The van der Waals surface area contributed by atoms with Crippen molar-refractivity contribution in [2.75, 3.05) is 0 Å². The molecule has 0 radical (unpaired) electrons. The van der Waals surface area contributed by atoms with Crippen molar-refractivity contribution >= 4 is 0 Å². The van der Waals surface area contributed by atoms with Crippen molar-refractivity contribution in [1.29, 1.82) is 0 Å². The quantitative estimate of drug-likeness (QED) is 0.545. The zero-order valence-corrected chi connectivity index (χ0v) is 9.15. The van der Waals surface area contributed by atoms with Crippen molar-refractivity contribution in [2.45, 2.75) is 47.5 Å². The van der Waals surface area contributed by atoms with Gasteiger partial charge in [0.15, 0.2) is 0 Å². The molecular formula is C12H22. The highest BCUT2D eigenvalue weighted by Gasteiger charge is 2.00. The summed E-state index contributed by atoms with van der Waals surface area (Å²) in [5, 5.41) is 0. The second-order valence-corrected chi connectivity index (χ2v) is 3.57. The highest BCUT2D eigenvalue weighted by atomic mass is 14.1. The van der Waals surface area contributed by atoms with Gasteiger partial charge in [-0.15, -0.1) is 0 Å². The molecule has 0 aliphatic carbocycles. The minimum atomic E-state index is 0.705. The van der Waals surface area contributed by atoms with Crippen LogP contribution in [0.4, 0.5) is 0 Å². The molecule has 0 saturated heterocycles. The number of hydrogen-bond donors (Lipinski definition) is 0. The van der Waals surface area contributed by atoms with Gasteiger partial charge in [0.1, 0.15) is 0 Å². The van der Waals surface area contributed by atoms with Crippen LogP contribution in [-0.2, 0) is 0 Å². The predicted molar refractivity (Wildman–Crippen MR) is 57.3 cm³/mol. The fourth-order valence-corrected chi connectivity index (χ4v) is 0.993. The first-order chi connectivity index (χ1) is 5.61. The first-order valence-electron chi connectivity index (χ1n) is 4.90. The van der Waals surface area contributed by atoms with E-state index in [1.165, 1.54) is 24.0 Å². The van der Waals surface area contributed by atoms with Gasteiger partial charge >= 0.3 is 0 Å². The highest BCUT2D eigenvalue weighted by molar-refractivity contribution is 5.05. The molecule has 0 nitrogen and oxygen atoms in total. The van der Waals surface area contributed by atoms with Crippen LogP contribution in [0.3, 0.4) is 0 Å². The summed E-state index contributed by atoms with van der Waals surface area (Å²) in [7, 11) is 0. The maximum atomic E-state index is 2.36. The Labute approximate surface area is 77.4 Å². The van der Waals surface area contributed by atoms with Gasteiger partial charge in [-0.3, -0.25) is 0 Å². The Hall–Kier alpha value is -0.520. The van der Waals surface area contributed by atoms with Gasteiger partial charge in [-0.1, -0.05) is 37.1 Å². The standard InChI is InChI=1S/C12H22/c1-6-10(3)8-9-12(5)11(4)7-2/h7-8,12H,6,9H2,1-5H3. The Morgan fingerprint density at radius 3 is 2.33 bits per heavy atom. The van der Waals surface area contributed by atoms with Crippen LogP contribution in [-0.4, -0.2) is 0 Å². The second-order valence-electron chi connectivity index (χ2n) is 3.57. The van der Waals surface area contributed by atoms with E-state index in [-0.39, 0.29) is 0 Å². The summed E-state index contributed by atoms with van der Waals surface area (Å²) in [6, 6.07) is 0. The molecule has 0 aliphatic rings. The van der Waals surface area contributed by atoms with E-state index >= 15 is 0 Å². The largest absolute Gasteiger partial charge is 0.0885 e. The molecule has 0 amide bonds. The van der Waals surface area contributed by atoms with Crippen LogP contribution in [0.2, 0.25) is 0 Å². The van der Waals surface area contributed by atoms with Gasteiger partial charge in [0, 0.05) is 0 Å². The minimum Gasteiger partial charge on any atom is -0.0885 e. The molecule has 0 spiro atoms. The van der Waals surface area contributed by atoms with E-state index in [9.17, 15) is 0 Å². The Kier molecular flexibility index (Phi) is 5.79. The van der Waals surface area contributed by atoms with Gasteiger partial charge in [0.2, 0.25) is 0 Å². The van der Waals surface area contributed by atoms with E-state index in [4.69, 9.17) is 0 Å². The van der Waals surface area contributed by atoms with E-state index in [0.29, 0.717) is 5.92 Å². The lowest BCUT2D eigenvalue weighted by Gasteiger charge is -2.09. The highest BCUT2D eigenvalue weighted by Crippen LogP contribution is 2.15. The lowest BCUT2D eigenvalue weighted by molar-refractivity contribution is 0.689. The van der Waals surface area contributed by atoms with Crippen LogP contribution in [0.15, 0.2) is 23.3 Å². The first-order valence-corrected chi connectivity index (χ1v) is 4.90. The Morgan fingerprint density at radius 2 is 1.92 bits per heavy atom. The normalized spacial score (nSPS) is 16.4. The maximum absolute atomic E-state index is 2.36. The summed E-state index contributed by atoms with van der Waals surface area (Å²) >= 11 is 0. The Morgan fingerprint density at radius 1 is 1.33 bits per heavy atom. The lowest BCUT2D eigenvalue weighted by atomic mass is 9.97. The van der Waals surface area contributed by atoms with E-state index in [2.05, 4.69) is 46.8 Å². The van der Waals surface area contributed by atoms with Crippen LogP contribution in [0.25, 0.3) is 0 Å². The summed E-state index contributed by atoms with van der Waals surface area (Å²) in [4.78, 5) is 0. The van der Waals surface area contributed by atoms with E-state index in [1.54, 1.807) is 0 Å². The molecule has 1 atom stereocenters. The molecule has 70 valence electrons. The maximum Gasteiger partial charge on any atom is -0.0200 e. The van der Waals surface area contributed by atoms with Crippen molar-refractivity contribution < 1.29 is 0 Å². The third kappa shape index (κ3) is 4.38. The van der Waals surface area contributed by atoms with Crippen LogP contribution in [0.1, 0.15) is 47.5 Å². The monoisotopic (exact) mass is 166 g/mol. The van der Waals surface area contributed by atoms with E-state index in [0.717, 1.165) is 0 Å². The number of allylic oxidation sites excluding steroid dienone is 4. The van der Waals surface area contributed by atoms with Crippen LogP contribution >= 0.6 is 0 Å². The summed E-state index contributed by atoms with van der Waals surface area (Å²) in [5.74, 6) is 0.705. The van der Waals surface area contributed by atoms with Gasteiger partial charge < -0.3 is 0 Å². The van der Waals surface area contributed by atoms with Gasteiger partial charge in [-0.25, -0.2) is 0 Å². The van der Waals surface area contributed by atoms with Gasteiger partial charge in [0.05, 0.1) is 0 Å². The van der Waals surface area contributed by atoms with Crippen molar-refractivity contribution in [3.05, 3.63) is 23.3 Å². The average molecular weight is 166 g/mol. The van der Waals surface area contributed by atoms with E-state index in [1.807, 2.05) is 0 Å². The minimum absolute atomic E-state index is 0.705. The summed E-state index contributed by atoms with van der Waals surface area (Å²) < 4.78 is 0. The molecule has 0 fully saturated rings. The molecule has 12 heavy (non-hydrogen) atoms. The van der Waals surface area contributed by atoms with E-state index < -0.39 is 0 Å². The number of hydrogen-bond acceptors (Lipinski definition) is 0. The summed E-state index contributed by atoms with van der Waals surface area (Å²) in [6.45, 7) is 11.0. The predicted octanol–water partition coefficient (Wildman–Crippen LogP) is 4.34. The van der Waals surface area contributed by atoms with Gasteiger partial charge in [-0.05, 0) is 39.5 Å². The molecule has 1 unspecified atom stereocenters. The fraction of sp³-hybridized carbons (Fsp3) is 0.667. The van der Waals surface area contributed by atoms with Crippen LogP contribution in [0.5, 0.6) is 0 Å². The lowest BCUT2D eigenvalue weighted by Crippen LogP contribution is -1.94. The molecular weight excluding hydrogens is 144 g/mol. The topological polar surface area (TPSA) is 0 Å². The zero-order valence-electron chi connectivity index (χ0n) is 9.15. The molecule has 0 heteroatoms. The average Bonchev–Trinajstić information content (AvgIpc) is 2.11. The summed E-state index contributed by atoms with van der Waals surface area (Å²) in [6.07, 6.45) is 6.94. The molecule has 0 aromatic rings. The number of rotatable bonds is 4. The van der Waals surface area contributed by atoms with Crippen molar-refractivity contribution in [3.8, 4) is 0 Å². The second kappa shape index (κ2) is 6.05. The summed E-state index contributed by atoms with van der Waals surface area (Å²) in [5.41, 5.74) is 3.00. The van der Waals surface area contributed by atoms with Crippen molar-refractivity contribution in [3.63, 3.8) is 0 Å². The van der Waals surface area contributed by atoms with Gasteiger partial charge in [-0.2, -0.15) is 0 Å². The Bertz CT molecular complexity index is 172. The van der Waals surface area contributed by atoms with Gasteiger partial charge in [0.25, 0.3) is 0 Å². The molecule has 0 heterocycles.